The maximum Gasteiger partial charge on any atom is 0.227 e. The lowest BCUT2D eigenvalue weighted by molar-refractivity contribution is -0.133. The summed E-state index contributed by atoms with van der Waals surface area (Å²) >= 11 is 0. The molecule has 1 saturated heterocycles. The van der Waals surface area contributed by atoms with E-state index in [1.807, 2.05) is 36.5 Å². The number of amides is 1. The molecule has 4 rings (SSSR count). The summed E-state index contributed by atoms with van der Waals surface area (Å²) in [7, 11) is 1.94. The molecule has 160 valence electrons. The highest BCUT2D eigenvalue weighted by atomic mass is 16.2. The van der Waals surface area contributed by atoms with E-state index in [2.05, 4.69) is 71.4 Å². The van der Waals surface area contributed by atoms with Crippen LogP contribution in [0.1, 0.15) is 24.0 Å². The largest absolute Gasteiger partial charge is 0.344 e. The van der Waals surface area contributed by atoms with Crippen LogP contribution in [0.25, 0.3) is 11.1 Å². The molecule has 0 radical (unpaired) electrons. The van der Waals surface area contributed by atoms with Crippen molar-refractivity contribution in [1.82, 2.24) is 14.8 Å². The Morgan fingerprint density at radius 1 is 0.968 bits per heavy atom. The molecule has 0 aliphatic carbocycles. The molecule has 1 aromatic heterocycles. The molecule has 0 saturated carbocycles. The summed E-state index contributed by atoms with van der Waals surface area (Å²) in [5.41, 5.74) is 4.91. The van der Waals surface area contributed by atoms with Gasteiger partial charge in [-0.1, -0.05) is 61.5 Å². The molecule has 0 N–H and O–H groups in total. The Hall–Kier alpha value is -2.98. The van der Waals surface area contributed by atoms with Crippen molar-refractivity contribution < 1.29 is 4.79 Å². The summed E-state index contributed by atoms with van der Waals surface area (Å²) in [6.45, 7) is 5.74. The monoisotopic (exact) mass is 413 g/mol. The average molecular weight is 414 g/mol. The van der Waals surface area contributed by atoms with Crippen molar-refractivity contribution in [1.29, 1.82) is 0 Å². The zero-order chi connectivity index (χ0) is 21.6. The van der Waals surface area contributed by atoms with Gasteiger partial charge in [-0.25, -0.2) is 0 Å². The average Bonchev–Trinajstić information content (AvgIpc) is 2.94. The summed E-state index contributed by atoms with van der Waals surface area (Å²) in [4.78, 5) is 21.7. The van der Waals surface area contributed by atoms with Crippen LogP contribution < -0.4 is 0 Å². The minimum absolute atomic E-state index is 0.0431. The lowest BCUT2D eigenvalue weighted by Gasteiger charge is -2.26. The van der Waals surface area contributed by atoms with Crippen LogP contribution in [0.3, 0.4) is 0 Å². The van der Waals surface area contributed by atoms with Crippen LogP contribution in [-0.2, 0) is 11.2 Å². The van der Waals surface area contributed by atoms with Crippen LogP contribution in [-0.4, -0.2) is 53.9 Å². The molecule has 4 nitrogen and oxygen atoms in total. The van der Waals surface area contributed by atoms with E-state index in [0.717, 1.165) is 38.2 Å². The van der Waals surface area contributed by atoms with Crippen molar-refractivity contribution in [3.8, 4) is 11.1 Å². The minimum atomic E-state index is -0.0431. The molecule has 1 aliphatic rings. The summed E-state index contributed by atoms with van der Waals surface area (Å²) < 4.78 is 0. The number of pyridine rings is 1. The summed E-state index contributed by atoms with van der Waals surface area (Å²) in [5.74, 6) is 0.641. The molecule has 2 atom stereocenters. The standard InChI is InChI=1S/C27H31N3O/c1-21(22-8-4-3-5-9-22)19-30-17-16-29(2)27(31)25(20-30)18-24-10-6-7-11-26(24)23-12-14-28-15-13-23/h3-15,21,25H,16-20H2,1-2H3. The van der Waals surface area contributed by atoms with Crippen molar-refractivity contribution in [3.05, 3.63) is 90.3 Å². The first-order valence-corrected chi connectivity index (χ1v) is 11.1. The topological polar surface area (TPSA) is 36.4 Å². The van der Waals surface area contributed by atoms with Crippen LogP contribution in [0.4, 0.5) is 0 Å². The number of hydrogen-bond donors (Lipinski definition) is 0. The Morgan fingerprint density at radius 3 is 2.45 bits per heavy atom. The van der Waals surface area contributed by atoms with Gasteiger partial charge in [-0.3, -0.25) is 9.78 Å². The first kappa shape index (κ1) is 21.3. The molecule has 1 aliphatic heterocycles. The van der Waals surface area contributed by atoms with Gasteiger partial charge in [0.2, 0.25) is 5.91 Å². The Labute approximate surface area is 185 Å². The maximum absolute atomic E-state index is 13.2. The molecule has 4 heteroatoms. The van der Waals surface area contributed by atoms with Crippen molar-refractivity contribution in [2.75, 3.05) is 33.2 Å². The van der Waals surface area contributed by atoms with Gasteiger partial charge in [-0.15, -0.1) is 0 Å². The number of hydrogen-bond acceptors (Lipinski definition) is 3. The first-order chi connectivity index (χ1) is 15.1. The van der Waals surface area contributed by atoms with E-state index in [4.69, 9.17) is 0 Å². The lowest BCUT2D eigenvalue weighted by Crippen LogP contribution is -2.35. The van der Waals surface area contributed by atoms with Gasteiger partial charge in [0.1, 0.15) is 0 Å². The molecule has 0 spiro atoms. The fourth-order valence-corrected chi connectivity index (χ4v) is 4.56. The van der Waals surface area contributed by atoms with Crippen molar-refractivity contribution in [3.63, 3.8) is 0 Å². The molecule has 1 amide bonds. The lowest BCUT2D eigenvalue weighted by atomic mass is 9.91. The van der Waals surface area contributed by atoms with Gasteiger partial charge < -0.3 is 9.80 Å². The number of likely N-dealkylation sites (N-methyl/N-ethyl adjacent to an activating group) is 1. The summed E-state index contributed by atoms with van der Waals surface area (Å²) in [6.07, 6.45) is 4.39. The Morgan fingerprint density at radius 2 is 1.68 bits per heavy atom. The molecule has 2 aromatic carbocycles. The van der Waals surface area contributed by atoms with Gasteiger partial charge in [0.05, 0.1) is 5.92 Å². The Kier molecular flexibility index (Phi) is 6.78. The molecular formula is C27H31N3O. The molecule has 0 bridgehead atoms. The smallest absolute Gasteiger partial charge is 0.227 e. The number of benzene rings is 2. The molecular weight excluding hydrogens is 382 g/mol. The van der Waals surface area contributed by atoms with E-state index in [1.54, 1.807) is 0 Å². The van der Waals surface area contributed by atoms with Crippen molar-refractivity contribution >= 4 is 5.91 Å². The van der Waals surface area contributed by atoms with Crippen LogP contribution in [0, 0.1) is 5.92 Å². The minimum Gasteiger partial charge on any atom is -0.344 e. The van der Waals surface area contributed by atoms with Crippen LogP contribution in [0.2, 0.25) is 0 Å². The maximum atomic E-state index is 13.2. The van der Waals surface area contributed by atoms with Gasteiger partial charge in [0.15, 0.2) is 0 Å². The van der Waals surface area contributed by atoms with Crippen LogP contribution in [0.5, 0.6) is 0 Å². The zero-order valence-electron chi connectivity index (χ0n) is 18.4. The number of aromatic nitrogens is 1. The second-order valence-corrected chi connectivity index (χ2v) is 8.63. The number of rotatable bonds is 6. The number of carbonyl (C=O) groups excluding carboxylic acids is 1. The number of carbonyl (C=O) groups is 1. The van der Waals surface area contributed by atoms with Gasteiger partial charge in [-0.05, 0) is 46.7 Å². The van der Waals surface area contributed by atoms with Gasteiger partial charge in [0.25, 0.3) is 0 Å². The molecule has 2 unspecified atom stereocenters. The van der Waals surface area contributed by atoms with Crippen LogP contribution in [0.15, 0.2) is 79.1 Å². The molecule has 1 fully saturated rings. The highest BCUT2D eigenvalue weighted by Crippen LogP contribution is 2.27. The van der Waals surface area contributed by atoms with E-state index < -0.39 is 0 Å². The zero-order valence-corrected chi connectivity index (χ0v) is 18.4. The van der Waals surface area contributed by atoms with Crippen molar-refractivity contribution in [2.45, 2.75) is 19.3 Å². The Balaban J connectivity index is 1.54. The van der Waals surface area contributed by atoms with Crippen LogP contribution >= 0.6 is 0 Å². The quantitative estimate of drug-likeness (QED) is 0.598. The Bertz CT molecular complexity index is 990. The van der Waals surface area contributed by atoms with E-state index in [1.165, 1.54) is 16.7 Å². The fourth-order valence-electron chi connectivity index (χ4n) is 4.56. The third kappa shape index (κ3) is 5.20. The van der Waals surface area contributed by atoms with Gasteiger partial charge in [0, 0.05) is 45.6 Å². The second-order valence-electron chi connectivity index (χ2n) is 8.63. The highest BCUT2D eigenvalue weighted by Gasteiger charge is 2.30. The molecule has 2 heterocycles. The van der Waals surface area contributed by atoms with E-state index in [9.17, 15) is 4.79 Å². The van der Waals surface area contributed by atoms with Gasteiger partial charge >= 0.3 is 0 Å². The number of nitrogens with zero attached hydrogens (tertiary/aromatic N) is 3. The van der Waals surface area contributed by atoms with E-state index in [0.29, 0.717) is 5.92 Å². The SMILES string of the molecule is CC(CN1CCN(C)C(=O)C(Cc2ccccc2-c2ccncc2)C1)c1ccccc1. The molecule has 31 heavy (non-hydrogen) atoms. The highest BCUT2D eigenvalue weighted by molar-refractivity contribution is 5.80. The molecule has 3 aromatic rings. The second kappa shape index (κ2) is 9.88. The summed E-state index contributed by atoms with van der Waals surface area (Å²) in [6, 6.07) is 23.2. The van der Waals surface area contributed by atoms with E-state index >= 15 is 0 Å². The first-order valence-electron chi connectivity index (χ1n) is 11.1. The van der Waals surface area contributed by atoms with Gasteiger partial charge in [-0.2, -0.15) is 0 Å². The normalized spacial score (nSPS) is 18.6. The predicted molar refractivity (Wildman–Crippen MR) is 126 cm³/mol. The summed E-state index contributed by atoms with van der Waals surface area (Å²) in [5, 5.41) is 0. The fraction of sp³-hybridized carbons (Fsp3) is 0.333. The van der Waals surface area contributed by atoms with Crippen molar-refractivity contribution in [2.24, 2.45) is 5.92 Å². The predicted octanol–water partition coefficient (Wildman–Crippen LogP) is 4.49. The third-order valence-corrected chi connectivity index (χ3v) is 6.33. The van der Waals surface area contributed by atoms with E-state index in [-0.39, 0.29) is 11.8 Å². The third-order valence-electron chi connectivity index (χ3n) is 6.33.